The molecule has 0 radical (unpaired) electrons. The molecule has 0 aromatic carbocycles. The van der Waals surface area contributed by atoms with Crippen LogP contribution in [0.5, 0.6) is 0 Å². The summed E-state index contributed by atoms with van der Waals surface area (Å²) in [6.07, 6.45) is 1.86. The predicted octanol–water partition coefficient (Wildman–Crippen LogP) is 1.75. The van der Waals surface area contributed by atoms with Crippen LogP contribution in [0.15, 0.2) is 12.3 Å². The van der Waals surface area contributed by atoms with E-state index in [0.29, 0.717) is 24.2 Å². The van der Waals surface area contributed by atoms with Crippen molar-refractivity contribution in [1.82, 2.24) is 9.88 Å². The van der Waals surface area contributed by atoms with Crippen molar-refractivity contribution >= 4 is 11.7 Å². The number of nitrogens with zero attached hydrogens (tertiary/aromatic N) is 1. The first-order valence-electron chi connectivity index (χ1n) is 6.76. The van der Waals surface area contributed by atoms with E-state index >= 15 is 0 Å². The normalized spacial score (nSPS) is 13.1. The zero-order chi connectivity index (χ0) is 15.5. The first-order chi connectivity index (χ1) is 9.12. The van der Waals surface area contributed by atoms with Gasteiger partial charge in [-0.2, -0.15) is 0 Å². The van der Waals surface area contributed by atoms with Crippen molar-refractivity contribution in [3.05, 3.63) is 23.5 Å². The molecule has 1 atom stereocenters. The fourth-order valence-corrected chi connectivity index (χ4v) is 2.26. The number of rotatable bonds is 6. The lowest BCUT2D eigenvalue weighted by atomic mass is 9.87. The Balaban J connectivity index is 2.70. The molecule has 112 valence electrons. The largest absolute Gasteiger partial charge is 0.393 e. The molecule has 0 aliphatic carbocycles. The van der Waals surface area contributed by atoms with Gasteiger partial charge in [-0.3, -0.25) is 9.59 Å². The second kappa shape index (κ2) is 6.22. The molecule has 1 rings (SSSR count). The summed E-state index contributed by atoms with van der Waals surface area (Å²) >= 11 is 0. The molecule has 1 amide bonds. The maximum absolute atomic E-state index is 12.1. The second-order valence-corrected chi connectivity index (χ2v) is 6.18. The number of aliphatic hydroxyl groups excluding tert-OH is 1. The van der Waals surface area contributed by atoms with Gasteiger partial charge in [0.05, 0.1) is 6.10 Å². The Morgan fingerprint density at radius 2 is 2.05 bits per heavy atom. The lowest BCUT2D eigenvalue weighted by molar-refractivity contribution is 0.0894. The van der Waals surface area contributed by atoms with E-state index in [1.165, 1.54) is 6.92 Å². The minimum atomic E-state index is -0.402. The number of carbonyl (C=O) groups excluding carboxylic acids is 2. The summed E-state index contributed by atoms with van der Waals surface area (Å²) in [5.74, 6) is -0.271. The standard InChI is InChI=1S/C15H24N2O3/c1-10(18)7-15(3,4)9-16-14(20)13-6-12(11(2)19)8-17(13)5/h6,8,10,18H,7,9H2,1-5H3,(H,16,20). The number of aryl methyl sites for hydroxylation is 1. The molecule has 5 heteroatoms. The Labute approximate surface area is 120 Å². The molecule has 0 bridgehead atoms. The van der Waals surface area contributed by atoms with Gasteiger partial charge in [-0.1, -0.05) is 13.8 Å². The molecular weight excluding hydrogens is 256 g/mol. The maximum atomic E-state index is 12.1. The molecule has 0 aliphatic heterocycles. The van der Waals surface area contributed by atoms with E-state index in [4.69, 9.17) is 0 Å². The van der Waals surface area contributed by atoms with Gasteiger partial charge in [-0.25, -0.2) is 0 Å². The third kappa shape index (κ3) is 4.49. The third-order valence-electron chi connectivity index (χ3n) is 3.22. The number of nitrogens with one attached hydrogen (secondary N) is 1. The van der Waals surface area contributed by atoms with E-state index in [2.05, 4.69) is 5.32 Å². The van der Waals surface area contributed by atoms with Gasteiger partial charge in [-0.05, 0) is 31.7 Å². The molecule has 1 heterocycles. The van der Waals surface area contributed by atoms with Crippen molar-refractivity contribution in [2.75, 3.05) is 6.54 Å². The van der Waals surface area contributed by atoms with Gasteiger partial charge in [0.25, 0.3) is 5.91 Å². The van der Waals surface area contributed by atoms with Crippen LogP contribution in [0.4, 0.5) is 0 Å². The third-order valence-corrected chi connectivity index (χ3v) is 3.22. The van der Waals surface area contributed by atoms with E-state index in [-0.39, 0.29) is 17.1 Å². The highest BCUT2D eigenvalue weighted by Gasteiger charge is 2.22. The highest BCUT2D eigenvalue weighted by molar-refractivity contribution is 5.99. The van der Waals surface area contributed by atoms with Gasteiger partial charge in [0, 0.05) is 25.4 Å². The first kappa shape index (κ1) is 16.4. The summed E-state index contributed by atoms with van der Waals surface area (Å²) in [5.41, 5.74) is 0.808. The molecule has 0 saturated heterocycles. The van der Waals surface area contributed by atoms with E-state index in [1.807, 2.05) is 13.8 Å². The maximum Gasteiger partial charge on any atom is 0.267 e. The van der Waals surface area contributed by atoms with Crippen LogP contribution >= 0.6 is 0 Å². The summed E-state index contributed by atoms with van der Waals surface area (Å²) < 4.78 is 1.65. The second-order valence-electron chi connectivity index (χ2n) is 6.18. The Kier molecular flexibility index (Phi) is 5.11. The Hall–Kier alpha value is -1.62. The molecule has 0 fully saturated rings. The minimum absolute atomic E-state index is 0.0610. The molecule has 2 N–H and O–H groups in total. The van der Waals surface area contributed by atoms with E-state index in [1.54, 1.807) is 30.8 Å². The van der Waals surface area contributed by atoms with Crippen LogP contribution in [0.1, 0.15) is 55.0 Å². The number of Topliss-reactive ketones (excluding diaryl/α,β-unsaturated/α-hetero) is 1. The van der Waals surface area contributed by atoms with Gasteiger partial charge in [-0.15, -0.1) is 0 Å². The number of carbonyl (C=O) groups is 2. The van der Waals surface area contributed by atoms with Crippen molar-refractivity contribution in [3.63, 3.8) is 0 Å². The van der Waals surface area contributed by atoms with Crippen molar-refractivity contribution < 1.29 is 14.7 Å². The fraction of sp³-hybridized carbons (Fsp3) is 0.600. The topological polar surface area (TPSA) is 71.3 Å². The molecular formula is C15H24N2O3. The molecule has 0 aliphatic rings. The van der Waals surface area contributed by atoms with Crippen LogP contribution in [0, 0.1) is 5.41 Å². The molecule has 20 heavy (non-hydrogen) atoms. The zero-order valence-corrected chi connectivity index (χ0v) is 12.9. The predicted molar refractivity (Wildman–Crippen MR) is 77.8 cm³/mol. The van der Waals surface area contributed by atoms with Crippen molar-refractivity contribution in [2.24, 2.45) is 12.5 Å². The molecule has 0 saturated carbocycles. The Morgan fingerprint density at radius 3 is 2.50 bits per heavy atom. The first-order valence-corrected chi connectivity index (χ1v) is 6.76. The monoisotopic (exact) mass is 280 g/mol. The zero-order valence-electron chi connectivity index (χ0n) is 12.9. The molecule has 5 nitrogen and oxygen atoms in total. The van der Waals surface area contributed by atoms with Crippen LogP contribution in [0.3, 0.4) is 0 Å². The smallest absolute Gasteiger partial charge is 0.267 e. The van der Waals surface area contributed by atoms with Crippen molar-refractivity contribution in [3.8, 4) is 0 Å². The molecule has 0 spiro atoms. The van der Waals surface area contributed by atoms with Crippen LogP contribution < -0.4 is 5.32 Å². The van der Waals surface area contributed by atoms with Gasteiger partial charge < -0.3 is 15.0 Å². The lowest BCUT2D eigenvalue weighted by Crippen LogP contribution is -2.36. The van der Waals surface area contributed by atoms with Crippen LogP contribution in [0.2, 0.25) is 0 Å². The number of hydrogen-bond donors (Lipinski definition) is 2. The number of ketones is 1. The molecule has 1 aromatic heterocycles. The van der Waals surface area contributed by atoms with E-state index < -0.39 is 6.10 Å². The van der Waals surface area contributed by atoms with E-state index in [9.17, 15) is 14.7 Å². The highest BCUT2D eigenvalue weighted by atomic mass is 16.3. The Bertz CT molecular complexity index is 501. The van der Waals surface area contributed by atoms with Crippen LogP contribution in [0.25, 0.3) is 0 Å². The average Bonchev–Trinajstić information content (AvgIpc) is 2.67. The van der Waals surface area contributed by atoms with Crippen LogP contribution in [-0.2, 0) is 7.05 Å². The quantitative estimate of drug-likeness (QED) is 0.780. The Morgan fingerprint density at radius 1 is 1.45 bits per heavy atom. The lowest BCUT2D eigenvalue weighted by Gasteiger charge is -2.26. The highest BCUT2D eigenvalue weighted by Crippen LogP contribution is 2.21. The van der Waals surface area contributed by atoms with Gasteiger partial charge in [0.2, 0.25) is 0 Å². The molecule has 1 unspecified atom stereocenters. The number of aliphatic hydroxyl groups is 1. The summed E-state index contributed by atoms with van der Waals surface area (Å²) in [5, 5.41) is 12.3. The average molecular weight is 280 g/mol. The number of amides is 1. The van der Waals surface area contributed by atoms with Gasteiger partial charge in [0.15, 0.2) is 5.78 Å². The summed E-state index contributed by atoms with van der Waals surface area (Å²) in [7, 11) is 1.74. The number of aromatic nitrogens is 1. The summed E-state index contributed by atoms with van der Waals surface area (Å²) in [4.78, 5) is 23.4. The fourth-order valence-electron chi connectivity index (χ4n) is 2.26. The summed E-state index contributed by atoms with van der Waals surface area (Å²) in [6, 6.07) is 1.60. The van der Waals surface area contributed by atoms with Gasteiger partial charge >= 0.3 is 0 Å². The van der Waals surface area contributed by atoms with Crippen LogP contribution in [-0.4, -0.2) is 34.0 Å². The van der Waals surface area contributed by atoms with E-state index in [0.717, 1.165) is 0 Å². The minimum Gasteiger partial charge on any atom is -0.393 e. The van der Waals surface area contributed by atoms with Crippen molar-refractivity contribution in [2.45, 2.75) is 40.2 Å². The van der Waals surface area contributed by atoms with Crippen molar-refractivity contribution in [1.29, 1.82) is 0 Å². The molecule has 1 aromatic rings. The number of hydrogen-bond acceptors (Lipinski definition) is 3. The SMILES string of the molecule is CC(=O)c1cc(C(=O)NCC(C)(C)CC(C)O)n(C)c1. The van der Waals surface area contributed by atoms with Gasteiger partial charge in [0.1, 0.15) is 5.69 Å². The summed E-state index contributed by atoms with van der Waals surface area (Å²) in [6.45, 7) is 7.66.